The van der Waals surface area contributed by atoms with Crippen LogP contribution >= 0.6 is 23.4 Å². The van der Waals surface area contributed by atoms with E-state index < -0.39 is 23.7 Å². The van der Waals surface area contributed by atoms with Gasteiger partial charge in [0.15, 0.2) is 0 Å². The van der Waals surface area contributed by atoms with Crippen LogP contribution in [-0.2, 0) is 19.1 Å². The summed E-state index contributed by atoms with van der Waals surface area (Å²) in [6.45, 7) is 6.09. The molecule has 0 spiro atoms. The van der Waals surface area contributed by atoms with Crippen LogP contribution in [0.1, 0.15) is 29.5 Å². The van der Waals surface area contributed by atoms with E-state index in [9.17, 15) is 19.6 Å². The van der Waals surface area contributed by atoms with Gasteiger partial charge in [-0.1, -0.05) is 35.5 Å². The number of nitriles is 1. The molecule has 0 saturated heterocycles. The van der Waals surface area contributed by atoms with Crippen molar-refractivity contribution in [2.75, 3.05) is 24.8 Å². The Morgan fingerprint density at radius 3 is 2.47 bits per heavy atom. The van der Waals surface area contributed by atoms with E-state index in [1.165, 1.54) is 7.11 Å². The second-order valence-electron chi connectivity index (χ2n) is 8.16. The Hall–Kier alpha value is -3.48. The summed E-state index contributed by atoms with van der Waals surface area (Å²) in [5.41, 5.74) is 3.29. The minimum Gasteiger partial charge on any atom is -0.492 e. The SMILES string of the molecule is CCOc1ccc([C@@H]2C(C#N)=C(SCC(=O)Nc3cc(C)cc(C)c3)NC(=O)[C@H]2C(=O)OC)cc1Cl. The number of carbonyl (C=O) groups is 3. The molecule has 0 radical (unpaired) electrons. The molecule has 188 valence electrons. The summed E-state index contributed by atoms with van der Waals surface area (Å²) < 4.78 is 10.3. The van der Waals surface area contributed by atoms with E-state index in [1.807, 2.05) is 39.0 Å². The van der Waals surface area contributed by atoms with Gasteiger partial charge < -0.3 is 20.1 Å². The van der Waals surface area contributed by atoms with Crippen LogP contribution in [0.25, 0.3) is 0 Å². The Kier molecular flexibility index (Phi) is 9.02. The van der Waals surface area contributed by atoms with Crippen LogP contribution in [0.5, 0.6) is 5.75 Å². The number of allylic oxidation sites excluding steroid dienone is 1. The number of aryl methyl sites for hydroxylation is 2. The second-order valence-corrected chi connectivity index (χ2v) is 9.55. The predicted octanol–water partition coefficient (Wildman–Crippen LogP) is 4.47. The van der Waals surface area contributed by atoms with Crippen molar-refractivity contribution in [3.63, 3.8) is 0 Å². The number of ether oxygens (including phenoxy) is 2. The lowest BCUT2D eigenvalue weighted by Crippen LogP contribution is -2.44. The van der Waals surface area contributed by atoms with Gasteiger partial charge >= 0.3 is 5.97 Å². The fourth-order valence-electron chi connectivity index (χ4n) is 4.04. The zero-order chi connectivity index (χ0) is 26.4. The Balaban J connectivity index is 1.92. The van der Waals surface area contributed by atoms with Crippen LogP contribution in [-0.4, -0.2) is 37.3 Å². The highest BCUT2D eigenvalue weighted by molar-refractivity contribution is 8.03. The van der Waals surface area contributed by atoms with Crippen molar-refractivity contribution in [3.8, 4) is 11.8 Å². The lowest BCUT2D eigenvalue weighted by atomic mass is 9.78. The summed E-state index contributed by atoms with van der Waals surface area (Å²) in [6, 6.07) is 12.7. The van der Waals surface area contributed by atoms with Gasteiger partial charge in [0.05, 0.1) is 41.2 Å². The van der Waals surface area contributed by atoms with Crippen LogP contribution in [0.4, 0.5) is 5.69 Å². The van der Waals surface area contributed by atoms with Crippen molar-refractivity contribution in [2.24, 2.45) is 5.92 Å². The lowest BCUT2D eigenvalue weighted by molar-refractivity contribution is -0.150. The summed E-state index contributed by atoms with van der Waals surface area (Å²) in [6.07, 6.45) is 0. The number of nitrogens with zero attached hydrogens (tertiary/aromatic N) is 1. The number of anilines is 1. The van der Waals surface area contributed by atoms with Crippen molar-refractivity contribution < 1.29 is 23.9 Å². The first-order valence-electron chi connectivity index (χ1n) is 11.1. The van der Waals surface area contributed by atoms with E-state index in [4.69, 9.17) is 21.1 Å². The summed E-state index contributed by atoms with van der Waals surface area (Å²) in [5.74, 6) is -3.59. The minimum absolute atomic E-state index is 0.0621. The van der Waals surface area contributed by atoms with E-state index in [0.717, 1.165) is 22.9 Å². The molecule has 2 aromatic rings. The molecule has 36 heavy (non-hydrogen) atoms. The van der Waals surface area contributed by atoms with Gasteiger partial charge in [-0.3, -0.25) is 14.4 Å². The number of thioether (sulfide) groups is 1. The van der Waals surface area contributed by atoms with Crippen LogP contribution < -0.4 is 15.4 Å². The third kappa shape index (κ3) is 6.20. The first-order valence-corrected chi connectivity index (χ1v) is 12.5. The molecule has 8 nitrogen and oxygen atoms in total. The summed E-state index contributed by atoms with van der Waals surface area (Å²) >= 11 is 7.36. The number of nitrogens with one attached hydrogen (secondary N) is 2. The number of amides is 2. The zero-order valence-corrected chi connectivity index (χ0v) is 21.9. The number of rotatable bonds is 8. The topological polar surface area (TPSA) is 118 Å². The fraction of sp³-hybridized carbons (Fsp3) is 0.308. The first kappa shape index (κ1) is 27.1. The molecule has 2 N–H and O–H groups in total. The van der Waals surface area contributed by atoms with Gasteiger partial charge in [-0.2, -0.15) is 5.26 Å². The predicted molar refractivity (Wildman–Crippen MR) is 139 cm³/mol. The zero-order valence-electron chi connectivity index (χ0n) is 20.3. The fourth-order valence-corrected chi connectivity index (χ4v) is 5.14. The highest BCUT2D eigenvalue weighted by atomic mass is 35.5. The van der Waals surface area contributed by atoms with Gasteiger partial charge in [-0.05, 0) is 61.7 Å². The number of esters is 1. The van der Waals surface area contributed by atoms with E-state index in [2.05, 4.69) is 16.7 Å². The molecular weight excluding hydrogens is 502 g/mol. The maximum atomic E-state index is 13.0. The molecule has 3 rings (SSSR count). The molecule has 0 aromatic heterocycles. The van der Waals surface area contributed by atoms with E-state index in [-0.39, 0.29) is 27.3 Å². The average molecular weight is 528 g/mol. The number of hydrogen-bond donors (Lipinski definition) is 2. The molecule has 0 fully saturated rings. The summed E-state index contributed by atoms with van der Waals surface area (Å²) in [7, 11) is 1.18. The monoisotopic (exact) mass is 527 g/mol. The van der Waals surface area contributed by atoms with Crippen molar-refractivity contribution in [2.45, 2.75) is 26.7 Å². The van der Waals surface area contributed by atoms with Crippen molar-refractivity contribution in [1.82, 2.24) is 5.32 Å². The smallest absolute Gasteiger partial charge is 0.319 e. The largest absolute Gasteiger partial charge is 0.492 e. The Labute approximate surface area is 219 Å². The quantitative estimate of drug-likeness (QED) is 0.384. The van der Waals surface area contributed by atoms with Gasteiger partial charge in [0, 0.05) is 11.6 Å². The molecule has 1 aliphatic rings. The standard InChI is InChI=1S/C26H26ClN3O5S/c1-5-35-20-7-6-16(11-19(20)27)22-18(12-28)25(30-24(32)23(22)26(33)34-4)36-13-21(31)29-17-9-14(2)8-15(3)10-17/h6-11,22-23H,5,13H2,1-4H3,(H,29,31)(H,30,32)/t22-,23+/m1/s1. The van der Waals surface area contributed by atoms with Crippen LogP contribution in [0.3, 0.4) is 0 Å². The van der Waals surface area contributed by atoms with E-state index in [0.29, 0.717) is 23.6 Å². The Morgan fingerprint density at radius 2 is 1.89 bits per heavy atom. The first-order chi connectivity index (χ1) is 17.2. The number of methoxy groups -OCH3 is 1. The van der Waals surface area contributed by atoms with Gasteiger partial charge in [0.2, 0.25) is 11.8 Å². The number of carbonyl (C=O) groups excluding carboxylic acids is 3. The molecular formula is C26H26ClN3O5S. The van der Waals surface area contributed by atoms with Gasteiger partial charge in [-0.15, -0.1) is 0 Å². The average Bonchev–Trinajstić information content (AvgIpc) is 2.82. The van der Waals surface area contributed by atoms with Crippen LogP contribution in [0.15, 0.2) is 47.0 Å². The third-order valence-corrected chi connectivity index (χ3v) is 6.76. The number of halogens is 1. The maximum Gasteiger partial charge on any atom is 0.319 e. The van der Waals surface area contributed by atoms with Gasteiger partial charge in [0.1, 0.15) is 11.7 Å². The van der Waals surface area contributed by atoms with E-state index >= 15 is 0 Å². The highest BCUT2D eigenvalue weighted by Gasteiger charge is 2.44. The highest BCUT2D eigenvalue weighted by Crippen LogP contribution is 2.42. The van der Waals surface area contributed by atoms with Crippen molar-refractivity contribution >= 4 is 46.8 Å². The molecule has 1 aliphatic heterocycles. The molecule has 0 aliphatic carbocycles. The summed E-state index contributed by atoms with van der Waals surface area (Å²) in [5, 5.41) is 16.0. The molecule has 10 heteroatoms. The molecule has 0 saturated carbocycles. The number of hydrogen-bond acceptors (Lipinski definition) is 7. The van der Waals surface area contributed by atoms with Crippen LogP contribution in [0.2, 0.25) is 5.02 Å². The molecule has 2 amide bonds. The maximum absolute atomic E-state index is 13.0. The Morgan fingerprint density at radius 1 is 1.19 bits per heavy atom. The van der Waals surface area contributed by atoms with Crippen molar-refractivity contribution in [3.05, 3.63) is 68.7 Å². The minimum atomic E-state index is -1.30. The van der Waals surface area contributed by atoms with Gasteiger partial charge in [-0.25, -0.2) is 0 Å². The lowest BCUT2D eigenvalue weighted by Gasteiger charge is -2.31. The van der Waals surface area contributed by atoms with Crippen molar-refractivity contribution in [1.29, 1.82) is 5.26 Å². The molecule has 1 heterocycles. The third-order valence-electron chi connectivity index (χ3n) is 5.45. The molecule has 0 bridgehead atoms. The molecule has 0 unspecified atom stereocenters. The Bertz CT molecular complexity index is 1250. The van der Waals surface area contributed by atoms with Gasteiger partial charge in [0.25, 0.3) is 0 Å². The normalized spacial score (nSPS) is 17.2. The number of benzene rings is 2. The molecule has 2 aromatic carbocycles. The summed E-state index contributed by atoms with van der Waals surface area (Å²) in [4.78, 5) is 38.2. The second kappa shape index (κ2) is 12.0. The van der Waals surface area contributed by atoms with Crippen LogP contribution in [0, 0.1) is 31.1 Å². The van der Waals surface area contributed by atoms with E-state index in [1.54, 1.807) is 18.2 Å². The molecule has 2 atom stereocenters.